The first kappa shape index (κ1) is 22.0. The molecule has 3 rings (SSSR count). The number of ether oxygens (including phenoxy) is 1. The number of hydrogen-bond acceptors (Lipinski definition) is 5. The van der Waals surface area contributed by atoms with Gasteiger partial charge in [-0.05, 0) is 18.6 Å². The van der Waals surface area contributed by atoms with E-state index in [1.54, 1.807) is 24.3 Å². The Hall–Kier alpha value is -2.73. The van der Waals surface area contributed by atoms with Crippen LogP contribution in [0.15, 0.2) is 24.3 Å². The summed E-state index contributed by atoms with van der Waals surface area (Å²) in [7, 11) is 0. The zero-order valence-corrected chi connectivity index (χ0v) is 16.6. The molecule has 0 aromatic heterocycles. The Morgan fingerprint density at radius 2 is 1.57 bits per heavy atom. The summed E-state index contributed by atoms with van der Waals surface area (Å²) in [6.07, 6.45) is -2.99. The molecule has 1 aromatic rings. The van der Waals surface area contributed by atoms with Crippen LogP contribution in [-0.2, 0) is 9.59 Å². The summed E-state index contributed by atoms with van der Waals surface area (Å²) < 4.78 is 42.4. The number of hydrogen-bond donors (Lipinski definition) is 0. The van der Waals surface area contributed by atoms with Gasteiger partial charge >= 0.3 is 6.18 Å². The van der Waals surface area contributed by atoms with Crippen molar-refractivity contribution in [3.05, 3.63) is 24.3 Å². The Morgan fingerprint density at radius 1 is 0.933 bits per heavy atom. The van der Waals surface area contributed by atoms with Gasteiger partial charge in [0.05, 0.1) is 18.8 Å². The monoisotopic (exact) mass is 423 g/mol. The number of rotatable bonds is 5. The lowest BCUT2D eigenvalue weighted by Crippen LogP contribution is -2.46. The minimum atomic E-state index is -4.38. The van der Waals surface area contributed by atoms with E-state index >= 15 is 0 Å². The van der Waals surface area contributed by atoms with Crippen LogP contribution in [0.5, 0.6) is 5.75 Å². The van der Waals surface area contributed by atoms with Crippen molar-refractivity contribution in [2.45, 2.75) is 25.4 Å². The van der Waals surface area contributed by atoms with E-state index in [9.17, 15) is 22.8 Å². The molecular formula is C21H24F3N3O3. The third-order valence-electron chi connectivity index (χ3n) is 5.02. The van der Waals surface area contributed by atoms with Gasteiger partial charge in [-0.15, -0.1) is 0 Å². The van der Waals surface area contributed by atoms with Gasteiger partial charge in [0.2, 0.25) is 11.8 Å². The zero-order chi connectivity index (χ0) is 21.6. The van der Waals surface area contributed by atoms with Crippen molar-refractivity contribution in [1.29, 1.82) is 0 Å². The van der Waals surface area contributed by atoms with Gasteiger partial charge in [0, 0.05) is 39.0 Å². The average molecular weight is 423 g/mol. The summed E-state index contributed by atoms with van der Waals surface area (Å²) in [5.74, 6) is 5.80. The number of carbonyl (C=O) groups is 2. The fourth-order valence-electron chi connectivity index (χ4n) is 3.43. The topological polar surface area (TPSA) is 53.1 Å². The first-order chi connectivity index (χ1) is 14.3. The third kappa shape index (κ3) is 6.13. The Morgan fingerprint density at radius 3 is 2.23 bits per heavy atom. The van der Waals surface area contributed by atoms with Gasteiger partial charge < -0.3 is 9.64 Å². The molecule has 0 saturated carbocycles. The maximum atomic E-state index is 12.5. The molecule has 0 unspecified atom stereocenters. The third-order valence-corrected chi connectivity index (χ3v) is 5.02. The van der Waals surface area contributed by atoms with Crippen LogP contribution < -0.4 is 9.64 Å². The first-order valence-electron chi connectivity index (χ1n) is 9.88. The number of benzene rings is 1. The van der Waals surface area contributed by atoms with E-state index in [0.717, 1.165) is 0 Å². The molecule has 6 nitrogen and oxygen atoms in total. The number of piperazine rings is 1. The number of piperidine rings is 1. The molecular weight excluding hydrogens is 399 g/mol. The second-order valence-electron chi connectivity index (χ2n) is 7.22. The van der Waals surface area contributed by atoms with E-state index in [4.69, 9.17) is 4.74 Å². The van der Waals surface area contributed by atoms with Crippen molar-refractivity contribution in [3.63, 3.8) is 0 Å². The van der Waals surface area contributed by atoms with Crippen molar-refractivity contribution >= 4 is 17.5 Å². The number of amides is 2. The molecule has 0 N–H and O–H groups in total. The average Bonchev–Trinajstić information content (AvgIpc) is 2.71. The lowest BCUT2D eigenvalue weighted by Gasteiger charge is -2.36. The van der Waals surface area contributed by atoms with Gasteiger partial charge in [-0.1, -0.05) is 24.0 Å². The number of nitrogens with zero attached hydrogens (tertiary/aromatic N) is 3. The largest absolute Gasteiger partial charge is 0.482 e. The van der Waals surface area contributed by atoms with Crippen LogP contribution >= 0.6 is 0 Å². The maximum absolute atomic E-state index is 12.5. The van der Waals surface area contributed by atoms with Crippen LogP contribution in [0.3, 0.4) is 0 Å². The number of para-hydroxylation sites is 2. The van der Waals surface area contributed by atoms with Crippen LogP contribution in [0.25, 0.3) is 0 Å². The van der Waals surface area contributed by atoms with Crippen molar-refractivity contribution < 1.29 is 27.5 Å². The Labute approximate surface area is 173 Å². The molecule has 2 amide bonds. The van der Waals surface area contributed by atoms with Crippen LogP contribution in [-0.4, -0.2) is 73.7 Å². The van der Waals surface area contributed by atoms with Gasteiger partial charge in [0.15, 0.2) is 6.61 Å². The second kappa shape index (κ2) is 9.85. The van der Waals surface area contributed by atoms with E-state index in [1.165, 1.54) is 4.90 Å². The molecule has 0 aliphatic carbocycles. The molecule has 0 bridgehead atoms. The van der Waals surface area contributed by atoms with Gasteiger partial charge in [-0.3, -0.25) is 19.4 Å². The molecule has 0 radical (unpaired) electrons. The van der Waals surface area contributed by atoms with Crippen molar-refractivity contribution in [2.75, 3.05) is 50.8 Å². The molecule has 1 aromatic carbocycles. The van der Waals surface area contributed by atoms with E-state index < -0.39 is 12.8 Å². The second-order valence-corrected chi connectivity index (χ2v) is 7.22. The van der Waals surface area contributed by atoms with Crippen LogP contribution in [0, 0.1) is 11.8 Å². The molecule has 0 atom stereocenters. The van der Waals surface area contributed by atoms with Crippen molar-refractivity contribution in [3.8, 4) is 17.6 Å². The molecule has 2 aliphatic rings. The number of imide groups is 1. The van der Waals surface area contributed by atoms with Gasteiger partial charge in [-0.25, -0.2) is 0 Å². The minimum Gasteiger partial charge on any atom is -0.482 e. The molecule has 9 heteroatoms. The predicted octanol–water partition coefficient (Wildman–Crippen LogP) is 2.29. The maximum Gasteiger partial charge on any atom is 0.422 e. The number of likely N-dealkylation sites (tertiary alicyclic amines) is 1. The Balaban J connectivity index is 1.48. The highest BCUT2D eigenvalue weighted by molar-refractivity contribution is 5.97. The van der Waals surface area contributed by atoms with Crippen LogP contribution in [0.1, 0.15) is 19.3 Å². The Bertz CT molecular complexity index is 808. The van der Waals surface area contributed by atoms with Gasteiger partial charge in [-0.2, -0.15) is 13.2 Å². The lowest BCUT2D eigenvalue weighted by molar-refractivity contribution is -0.153. The first-order valence-corrected chi connectivity index (χ1v) is 9.88. The quantitative estimate of drug-likeness (QED) is 0.537. The van der Waals surface area contributed by atoms with E-state index in [-0.39, 0.29) is 24.1 Å². The fraction of sp³-hybridized carbons (Fsp3) is 0.524. The number of alkyl halides is 3. The number of halogens is 3. The van der Waals surface area contributed by atoms with Gasteiger partial charge in [0.25, 0.3) is 0 Å². The summed E-state index contributed by atoms with van der Waals surface area (Å²) >= 11 is 0. The van der Waals surface area contributed by atoms with Crippen molar-refractivity contribution in [1.82, 2.24) is 9.80 Å². The van der Waals surface area contributed by atoms with E-state index in [1.807, 2.05) is 4.90 Å². The molecule has 2 aliphatic heterocycles. The number of carbonyl (C=O) groups excluding carboxylic acids is 2. The fourth-order valence-corrected chi connectivity index (χ4v) is 3.43. The molecule has 2 heterocycles. The van der Waals surface area contributed by atoms with Crippen LogP contribution in [0.2, 0.25) is 0 Å². The van der Waals surface area contributed by atoms with E-state index in [2.05, 4.69) is 16.7 Å². The SMILES string of the molecule is O=C1CCCC(=O)N1CC#CCN1CCN(c2ccccc2OCC(F)(F)F)CC1. The summed E-state index contributed by atoms with van der Waals surface area (Å²) in [5.41, 5.74) is 0.648. The number of anilines is 1. The van der Waals surface area contributed by atoms with Crippen LogP contribution in [0.4, 0.5) is 18.9 Å². The highest BCUT2D eigenvalue weighted by Gasteiger charge is 2.29. The zero-order valence-electron chi connectivity index (χ0n) is 16.6. The highest BCUT2D eigenvalue weighted by atomic mass is 19.4. The van der Waals surface area contributed by atoms with Gasteiger partial charge in [0.1, 0.15) is 5.75 Å². The molecule has 2 fully saturated rings. The summed E-state index contributed by atoms with van der Waals surface area (Å²) in [5, 5.41) is 0. The summed E-state index contributed by atoms with van der Waals surface area (Å²) in [6.45, 7) is 1.99. The molecule has 0 spiro atoms. The minimum absolute atomic E-state index is 0.127. The normalized spacial score (nSPS) is 18.2. The molecule has 162 valence electrons. The van der Waals surface area contributed by atoms with Crippen molar-refractivity contribution in [2.24, 2.45) is 0 Å². The highest BCUT2D eigenvalue weighted by Crippen LogP contribution is 2.30. The standard InChI is InChI=1S/C21H24F3N3O3/c22-21(23,24)16-30-18-7-2-1-6-17(18)26-14-12-25(13-15-26)10-3-4-11-27-19(28)8-5-9-20(27)29/h1-2,6-7H,5,8-16H2. The van der Waals surface area contributed by atoms with E-state index in [0.29, 0.717) is 57.7 Å². The summed E-state index contributed by atoms with van der Waals surface area (Å²) in [6, 6.07) is 6.73. The summed E-state index contributed by atoms with van der Waals surface area (Å²) in [4.78, 5) is 28.8. The molecule has 30 heavy (non-hydrogen) atoms. The lowest BCUT2D eigenvalue weighted by atomic mass is 10.1. The molecule has 2 saturated heterocycles. The smallest absolute Gasteiger partial charge is 0.422 e. The predicted molar refractivity (Wildman–Crippen MR) is 105 cm³/mol. The Kier molecular flexibility index (Phi) is 7.21.